The molecule has 3 atom stereocenters. The van der Waals surface area contributed by atoms with Gasteiger partial charge in [0.25, 0.3) is 0 Å². The van der Waals surface area contributed by atoms with Gasteiger partial charge in [0.2, 0.25) is 0 Å². The number of aliphatic hydroxyl groups excluding tert-OH is 2. The number of carboxylic acids is 2. The number of carbonyl (C=O) groups is 3. The normalized spacial score (nSPS) is 21.9. The summed E-state index contributed by atoms with van der Waals surface area (Å²) in [6, 6.07) is 7.62. The minimum absolute atomic E-state index is 0.259. The Morgan fingerprint density at radius 2 is 1.65 bits per heavy atom. The quantitative estimate of drug-likeness (QED) is 0.498. The summed E-state index contributed by atoms with van der Waals surface area (Å²) in [5.41, 5.74) is 0.361. The topological polar surface area (TPSA) is 144 Å². The minimum Gasteiger partial charge on any atom is -0.479 e. The summed E-state index contributed by atoms with van der Waals surface area (Å²) in [5, 5.41) is 36.4. The van der Waals surface area contributed by atoms with E-state index in [-0.39, 0.29) is 5.78 Å². The average Bonchev–Trinajstić information content (AvgIpc) is 2.62. The van der Waals surface area contributed by atoms with Crippen LogP contribution in [0.25, 0.3) is 0 Å². The molecule has 1 aromatic carbocycles. The zero-order chi connectivity index (χ0) is 19.9. The monoisotopic (exact) mass is 387 g/mol. The van der Waals surface area contributed by atoms with Gasteiger partial charge in [-0.15, -0.1) is 0 Å². The van der Waals surface area contributed by atoms with E-state index in [4.69, 9.17) is 32.0 Å². The zero-order valence-electron chi connectivity index (χ0n) is 14.2. The maximum Gasteiger partial charge on any atom is 0.335 e. The van der Waals surface area contributed by atoms with Crippen LogP contribution in [0.2, 0.25) is 5.02 Å². The van der Waals surface area contributed by atoms with Crippen molar-refractivity contribution in [3.8, 4) is 0 Å². The molecule has 5 N–H and O–H groups in total. The van der Waals surface area contributed by atoms with Crippen LogP contribution >= 0.6 is 11.6 Å². The van der Waals surface area contributed by atoms with Crippen LogP contribution in [0.5, 0.6) is 0 Å². The summed E-state index contributed by atoms with van der Waals surface area (Å²) in [7, 11) is 1.84. The van der Waals surface area contributed by atoms with Crippen LogP contribution in [0.3, 0.4) is 0 Å². The van der Waals surface area contributed by atoms with Gasteiger partial charge in [0.1, 0.15) is 5.54 Å². The van der Waals surface area contributed by atoms with Crippen LogP contribution in [-0.4, -0.2) is 57.4 Å². The number of likely N-dealkylation sites (N-methyl/N-ethyl adjacent to an activating group) is 1. The van der Waals surface area contributed by atoms with Crippen molar-refractivity contribution in [2.75, 3.05) is 7.05 Å². The standard InChI is InChI=1S/C13H16ClNO.C4H6O6/c1-15-13(9-5-4-8-12(13)16)10-6-2-3-7-11(10)14;5-1(3(7)8)2(6)4(9)10/h2-3,6-7,15H,4-5,8-9H2,1H3;1-2,5-6H,(H,7,8)(H,9,10). The van der Waals surface area contributed by atoms with Gasteiger partial charge in [0, 0.05) is 11.4 Å². The molecule has 9 heteroatoms. The third kappa shape index (κ3) is 5.01. The fraction of sp³-hybridized carbons (Fsp3) is 0.471. The molecule has 0 aliphatic heterocycles. The maximum absolute atomic E-state index is 12.2. The van der Waals surface area contributed by atoms with Crippen molar-refractivity contribution in [2.24, 2.45) is 0 Å². The van der Waals surface area contributed by atoms with Crippen LogP contribution in [0.1, 0.15) is 31.2 Å². The Kier molecular flexibility index (Phi) is 8.16. The Balaban J connectivity index is 0.000000294. The van der Waals surface area contributed by atoms with Gasteiger partial charge in [0.15, 0.2) is 18.0 Å². The van der Waals surface area contributed by atoms with E-state index in [0.29, 0.717) is 11.4 Å². The van der Waals surface area contributed by atoms with E-state index in [1.165, 1.54) is 0 Å². The number of carboxylic acid groups (broad SMARTS) is 2. The van der Waals surface area contributed by atoms with Crippen molar-refractivity contribution in [3.05, 3.63) is 34.9 Å². The van der Waals surface area contributed by atoms with E-state index in [2.05, 4.69) is 5.32 Å². The van der Waals surface area contributed by atoms with Crippen LogP contribution in [0, 0.1) is 0 Å². The van der Waals surface area contributed by atoms with Gasteiger partial charge in [-0.3, -0.25) is 4.79 Å². The number of carbonyl (C=O) groups excluding carboxylic acids is 1. The maximum atomic E-state index is 12.2. The molecule has 0 spiro atoms. The molecule has 0 aromatic heterocycles. The second kappa shape index (κ2) is 9.63. The van der Waals surface area contributed by atoms with Crippen molar-refractivity contribution in [2.45, 2.75) is 43.4 Å². The highest BCUT2D eigenvalue weighted by Gasteiger charge is 2.41. The smallest absolute Gasteiger partial charge is 0.335 e. The number of rotatable bonds is 5. The molecule has 1 aliphatic rings. The molecule has 1 fully saturated rings. The number of hydrogen-bond donors (Lipinski definition) is 5. The molecule has 0 radical (unpaired) electrons. The third-order valence-electron chi connectivity index (χ3n) is 4.25. The fourth-order valence-electron chi connectivity index (χ4n) is 2.79. The van der Waals surface area contributed by atoms with E-state index in [0.717, 1.165) is 24.8 Å². The SMILES string of the molecule is CNC1(c2ccccc2Cl)CCCCC1=O.O=C(O)C(O)C(O)C(=O)O. The molecule has 3 unspecified atom stereocenters. The lowest BCUT2D eigenvalue weighted by atomic mass is 9.75. The van der Waals surface area contributed by atoms with E-state index < -0.39 is 29.7 Å². The first kappa shape index (κ1) is 22.0. The molecule has 0 amide bonds. The third-order valence-corrected chi connectivity index (χ3v) is 4.58. The Hall–Kier alpha value is -2.00. The lowest BCUT2D eigenvalue weighted by Crippen LogP contribution is -2.49. The van der Waals surface area contributed by atoms with Gasteiger partial charge < -0.3 is 25.7 Å². The van der Waals surface area contributed by atoms with Crippen molar-refractivity contribution >= 4 is 29.3 Å². The lowest BCUT2D eigenvalue weighted by molar-refractivity contribution is -0.165. The van der Waals surface area contributed by atoms with Gasteiger partial charge in [-0.1, -0.05) is 36.2 Å². The molecule has 0 bridgehead atoms. The van der Waals surface area contributed by atoms with E-state index >= 15 is 0 Å². The summed E-state index contributed by atoms with van der Waals surface area (Å²) in [5.74, 6) is -3.28. The molecule has 1 saturated carbocycles. The molecule has 2 rings (SSSR count). The summed E-state index contributed by atoms with van der Waals surface area (Å²) in [6.07, 6.45) is -0.988. The zero-order valence-corrected chi connectivity index (χ0v) is 14.9. The summed E-state index contributed by atoms with van der Waals surface area (Å²) >= 11 is 6.20. The van der Waals surface area contributed by atoms with E-state index in [9.17, 15) is 14.4 Å². The minimum atomic E-state index is -2.27. The number of nitrogens with one attached hydrogen (secondary N) is 1. The van der Waals surface area contributed by atoms with Crippen LogP contribution in [0.4, 0.5) is 0 Å². The number of benzene rings is 1. The number of hydrogen-bond acceptors (Lipinski definition) is 6. The van der Waals surface area contributed by atoms with Crippen molar-refractivity contribution < 1.29 is 34.8 Å². The van der Waals surface area contributed by atoms with E-state index in [1.54, 1.807) is 0 Å². The number of Topliss-reactive ketones (excluding diaryl/α,β-unsaturated/α-hetero) is 1. The molecule has 1 aliphatic carbocycles. The summed E-state index contributed by atoms with van der Waals surface area (Å²) in [4.78, 5) is 31.7. The van der Waals surface area contributed by atoms with Crippen LogP contribution < -0.4 is 5.32 Å². The Morgan fingerprint density at radius 1 is 1.12 bits per heavy atom. The van der Waals surface area contributed by atoms with Gasteiger partial charge in [0.05, 0.1) is 0 Å². The molecular formula is C17H22ClNO7. The van der Waals surface area contributed by atoms with Gasteiger partial charge in [-0.2, -0.15) is 0 Å². The predicted octanol–water partition coefficient (Wildman–Crippen LogP) is 0.775. The first-order valence-corrected chi connectivity index (χ1v) is 8.34. The van der Waals surface area contributed by atoms with Crippen molar-refractivity contribution in [1.82, 2.24) is 5.32 Å². The molecule has 1 aromatic rings. The first-order valence-electron chi connectivity index (χ1n) is 7.96. The second-order valence-corrected chi connectivity index (χ2v) is 6.24. The van der Waals surface area contributed by atoms with Gasteiger partial charge >= 0.3 is 11.9 Å². The highest BCUT2D eigenvalue weighted by atomic mass is 35.5. The van der Waals surface area contributed by atoms with Crippen LogP contribution in [0.15, 0.2) is 24.3 Å². The average molecular weight is 388 g/mol. The largest absolute Gasteiger partial charge is 0.479 e. The lowest BCUT2D eigenvalue weighted by Gasteiger charge is -2.36. The van der Waals surface area contributed by atoms with Gasteiger partial charge in [-0.25, -0.2) is 9.59 Å². The number of halogens is 1. The summed E-state index contributed by atoms with van der Waals surface area (Å²) in [6.45, 7) is 0. The van der Waals surface area contributed by atoms with Crippen LogP contribution in [-0.2, 0) is 19.9 Å². The molecular weight excluding hydrogens is 366 g/mol. The number of aliphatic carboxylic acids is 2. The van der Waals surface area contributed by atoms with Crippen molar-refractivity contribution in [3.63, 3.8) is 0 Å². The molecule has 144 valence electrons. The fourth-order valence-corrected chi connectivity index (χ4v) is 3.09. The predicted molar refractivity (Wildman–Crippen MR) is 92.9 cm³/mol. The Morgan fingerprint density at radius 3 is 2.08 bits per heavy atom. The highest BCUT2D eigenvalue weighted by molar-refractivity contribution is 6.31. The molecule has 8 nitrogen and oxygen atoms in total. The second-order valence-electron chi connectivity index (χ2n) is 5.83. The Labute approximate surface area is 155 Å². The highest BCUT2D eigenvalue weighted by Crippen LogP contribution is 2.37. The summed E-state index contributed by atoms with van der Waals surface area (Å²) < 4.78 is 0. The van der Waals surface area contributed by atoms with Crippen molar-refractivity contribution in [1.29, 1.82) is 0 Å². The first-order chi connectivity index (χ1) is 12.2. The number of aliphatic hydroxyl groups is 2. The van der Waals surface area contributed by atoms with E-state index in [1.807, 2.05) is 31.3 Å². The van der Waals surface area contributed by atoms with Gasteiger partial charge in [-0.05, 0) is 31.5 Å². The number of ketones is 1. The Bertz CT molecular complexity index is 648. The molecule has 0 heterocycles. The molecule has 0 saturated heterocycles. The molecule has 26 heavy (non-hydrogen) atoms.